The summed E-state index contributed by atoms with van der Waals surface area (Å²) in [5.41, 5.74) is 6.58. The number of likely N-dealkylation sites (N-methyl/N-ethyl adjacent to an activating group) is 1. The summed E-state index contributed by atoms with van der Waals surface area (Å²) in [6.07, 6.45) is 3.63. The number of hydrogen-bond donors (Lipinski definition) is 0. The van der Waals surface area contributed by atoms with Crippen LogP contribution in [0.3, 0.4) is 0 Å². The summed E-state index contributed by atoms with van der Waals surface area (Å²) < 4.78 is 0. The van der Waals surface area contributed by atoms with E-state index < -0.39 is 0 Å². The molecule has 1 saturated heterocycles. The van der Waals surface area contributed by atoms with E-state index in [0.29, 0.717) is 0 Å². The van der Waals surface area contributed by atoms with Crippen molar-refractivity contribution in [2.24, 2.45) is 9.98 Å². The average molecular weight is 376 g/mol. The zero-order valence-electron chi connectivity index (χ0n) is 17.0. The van der Waals surface area contributed by atoms with Gasteiger partial charge in [-0.25, -0.2) is 9.98 Å². The van der Waals surface area contributed by atoms with Crippen LogP contribution in [0.5, 0.6) is 0 Å². The number of nitrogens with zero attached hydrogens (tertiary/aromatic N) is 5. The van der Waals surface area contributed by atoms with E-state index >= 15 is 0 Å². The van der Waals surface area contributed by atoms with Gasteiger partial charge in [0.25, 0.3) is 0 Å². The fourth-order valence-corrected chi connectivity index (χ4v) is 4.11. The third-order valence-corrected chi connectivity index (χ3v) is 5.79. The Bertz CT molecular complexity index is 884. The number of fused-ring (bicyclic) bond motifs is 1. The Morgan fingerprint density at radius 1 is 1.14 bits per heavy atom. The molecule has 1 fully saturated rings. The van der Waals surface area contributed by atoms with Crippen LogP contribution in [0.15, 0.2) is 70.2 Å². The Labute approximate surface area is 168 Å². The SMILES string of the molecule is C=C1CC(C(=C)N2CCN(C)CC2)=N/C1=C(/N=C\C)N1CCc2ccccc21. The van der Waals surface area contributed by atoms with Crippen molar-refractivity contribution >= 4 is 17.6 Å². The summed E-state index contributed by atoms with van der Waals surface area (Å²) in [5.74, 6) is 0.902. The number of rotatable bonds is 4. The van der Waals surface area contributed by atoms with Gasteiger partial charge in [0.15, 0.2) is 5.82 Å². The predicted octanol–water partition coefficient (Wildman–Crippen LogP) is 3.47. The first-order valence-electron chi connectivity index (χ1n) is 10.1. The fourth-order valence-electron chi connectivity index (χ4n) is 4.11. The highest BCUT2D eigenvalue weighted by Gasteiger charge is 2.29. The van der Waals surface area contributed by atoms with Crippen LogP contribution in [0.1, 0.15) is 18.9 Å². The molecule has 1 aromatic rings. The van der Waals surface area contributed by atoms with Gasteiger partial charge >= 0.3 is 0 Å². The van der Waals surface area contributed by atoms with Crippen LogP contribution in [-0.4, -0.2) is 61.5 Å². The van der Waals surface area contributed by atoms with Crippen LogP contribution >= 0.6 is 0 Å². The molecule has 146 valence electrons. The molecule has 0 atom stereocenters. The van der Waals surface area contributed by atoms with Crippen molar-refractivity contribution in [2.75, 3.05) is 44.7 Å². The number of hydrogen-bond acceptors (Lipinski definition) is 5. The lowest BCUT2D eigenvalue weighted by Gasteiger charge is -2.35. The van der Waals surface area contributed by atoms with Crippen molar-refractivity contribution in [3.05, 3.63) is 65.8 Å². The lowest BCUT2D eigenvalue weighted by atomic mass is 10.1. The molecular formula is C23H29N5. The Balaban J connectivity index is 1.66. The maximum absolute atomic E-state index is 4.99. The highest BCUT2D eigenvalue weighted by Crippen LogP contribution is 2.36. The highest BCUT2D eigenvalue weighted by atomic mass is 15.3. The van der Waals surface area contributed by atoms with Crippen LogP contribution < -0.4 is 4.90 Å². The number of benzene rings is 1. The molecule has 0 bridgehead atoms. The van der Waals surface area contributed by atoms with Gasteiger partial charge in [-0.15, -0.1) is 0 Å². The van der Waals surface area contributed by atoms with Crippen LogP contribution in [-0.2, 0) is 6.42 Å². The molecule has 0 spiro atoms. The van der Waals surface area contributed by atoms with Gasteiger partial charge in [-0.3, -0.25) is 0 Å². The minimum Gasteiger partial charge on any atom is -0.368 e. The van der Waals surface area contributed by atoms with E-state index in [9.17, 15) is 0 Å². The Hall–Kier alpha value is -2.66. The number of allylic oxidation sites excluding steroid dienone is 2. The van der Waals surface area contributed by atoms with Gasteiger partial charge in [0.2, 0.25) is 0 Å². The molecule has 0 radical (unpaired) electrons. The molecule has 0 aromatic heterocycles. The minimum atomic E-state index is 0.749. The normalized spacial score (nSPS) is 22.1. The zero-order valence-corrected chi connectivity index (χ0v) is 17.0. The first kappa shape index (κ1) is 18.7. The maximum atomic E-state index is 4.99. The third-order valence-electron chi connectivity index (χ3n) is 5.79. The number of aliphatic imine (C=N–C) groups is 2. The number of anilines is 1. The smallest absolute Gasteiger partial charge is 0.158 e. The van der Waals surface area contributed by atoms with Gasteiger partial charge in [0.1, 0.15) is 5.70 Å². The van der Waals surface area contributed by atoms with Crippen molar-refractivity contribution < 1.29 is 0 Å². The van der Waals surface area contributed by atoms with Gasteiger partial charge < -0.3 is 14.7 Å². The van der Waals surface area contributed by atoms with E-state index in [-0.39, 0.29) is 0 Å². The Kier molecular flexibility index (Phi) is 5.18. The van der Waals surface area contributed by atoms with E-state index in [1.165, 1.54) is 11.3 Å². The number of piperazine rings is 1. The Morgan fingerprint density at radius 2 is 1.89 bits per heavy atom. The summed E-state index contributed by atoms with van der Waals surface area (Å²) in [5, 5.41) is 0. The van der Waals surface area contributed by atoms with E-state index in [0.717, 1.165) is 74.1 Å². The van der Waals surface area contributed by atoms with Crippen LogP contribution in [0.25, 0.3) is 0 Å². The van der Waals surface area contributed by atoms with Crippen molar-refractivity contribution in [3.63, 3.8) is 0 Å². The van der Waals surface area contributed by atoms with Gasteiger partial charge in [0, 0.05) is 51.0 Å². The summed E-state index contributed by atoms with van der Waals surface area (Å²) in [6.45, 7) is 15.7. The second-order valence-electron chi connectivity index (χ2n) is 7.67. The van der Waals surface area contributed by atoms with Crippen molar-refractivity contribution in [3.8, 4) is 0 Å². The molecule has 0 N–H and O–H groups in total. The monoisotopic (exact) mass is 375 g/mol. The maximum Gasteiger partial charge on any atom is 0.158 e. The molecule has 0 amide bonds. The molecule has 3 aliphatic heterocycles. The summed E-state index contributed by atoms with van der Waals surface area (Å²) in [7, 11) is 2.17. The van der Waals surface area contributed by atoms with E-state index in [1.807, 2.05) is 13.1 Å². The van der Waals surface area contributed by atoms with Gasteiger partial charge in [-0.2, -0.15) is 0 Å². The lowest BCUT2D eigenvalue weighted by Crippen LogP contribution is -2.44. The van der Waals surface area contributed by atoms with E-state index in [2.05, 4.69) is 59.2 Å². The minimum absolute atomic E-state index is 0.749. The topological polar surface area (TPSA) is 34.4 Å². The molecule has 0 saturated carbocycles. The van der Waals surface area contributed by atoms with Crippen molar-refractivity contribution in [1.29, 1.82) is 0 Å². The lowest BCUT2D eigenvalue weighted by molar-refractivity contribution is 0.193. The molecule has 4 rings (SSSR count). The average Bonchev–Trinajstić information content (AvgIpc) is 3.30. The summed E-state index contributed by atoms with van der Waals surface area (Å²) in [6, 6.07) is 8.55. The van der Waals surface area contributed by atoms with Gasteiger partial charge in [-0.1, -0.05) is 31.4 Å². The molecule has 1 aromatic carbocycles. The standard InChI is InChI=1S/C23H29N5/c1-5-24-23(28-11-10-19-8-6-7-9-21(19)28)22-17(2)16-20(25-22)18(3)27-14-12-26(4)13-15-27/h5-9H,2-3,10-16H2,1,4H3/b23-22-,24-5-. The van der Waals surface area contributed by atoms with Gasteiger partial charge in [0.05, 0.1) is 11.4 Å². The van der Waals surface area contributed by atoms with Crippen molar-refractivity contribution in [1.82, 2.24) is 9.80 Å². The molecule has 0 unspecified atom stereocenters. The third kappa shape index (κ3) is 3.42. The van der Waals surface area contributed by atoms with Crippen LogP contribution in [0.4, 0.5) is 5.69 Å². The second-order valence-corrected chi connectivity index (χ2v) is 7.67. The largest absolute Gasteiger partial charge is 0.368 e. The molecular weight excluding hydrogens is 346 g/mol. The molecule has 5 nitrogen and oxygen atoms in total. The van der Waals surface area contributed by atoms with Crippen LogP contribution in [0.2, 0.25) is 0 Å². The first-order chi connectivity index (χ1) is 13.6. The molecule has 28 heavy (non-hydrogen) atoms. The molecule has 0 aliphatic carbocycles. The molecule has 3 aliphatic rings. The summed E-state index contributed by atoms with van der Waals surface area (Å²) in [4.78, 5) is 16.7. The Morgan fingerprint density at radius 3 is 2.64 bits per heavy atom. The van der Waals surface area contributed by atoms with E-state index in [1.54, 1.807) is 0 Å². The zero-order chi connectivity index (χ0) is 19.7. The quantitative estimate of drug-likeness (QED) is 0.756. The van der Waals surface area contributed by atoms with Crippen LogP contribution in [0, 0.1) is 0 Å². The second kappa shape index (κ2) is 7.76. The molecule has 5 heteroatoms. The molecule has 3 heterocycles. The summed E-state index contributed by atoms with van der Waals surface area (Å²) >= 11 is 0. The highest BCUT2D eigenvalue weighted by molar-refractivity contribution is 6.04. The fraction of sp³-hybridized carbons (Fsp3) is 0.391. The van der Waals surface area contributed by atoms with Gasteiger partial charge in [-0.05, 0) is 37.6 Å². The predicted molar refractivity (Wildman–Crippen MR) is 118 cm³/mol. The number of para-hydroxylation sites is 1. The van der Waals surface area contributed by atoms with E-state index in [4.69, 9.17) is 9.98 Å². The van der Waals surface area contributed by atoms with Crippen molar-refractivity contribution in [2.45, 2.75) is 19.8 Å². The first-order valence-corrected chi connectivity index (χ1v) is 10.1.